The van der Waals surface area contributed by atoms with Gasteiger partial charge in [0.1, 0.15) is 29.4 Å². The minimum atomic E-state index is -1.37. The zero-order valence-electron chi connectivity index (χ0n) is 37.5. The number of hydrogen-bond acceptors (Lipinski definition) is 8. The van der Waals surface area contributed by atoms with Crippen LogP contribution in [-0.2, 0) is 52.2 Å². The van der Waals surface area contributed by atoms with E-state index in [1.54, 1.807) is 42.2 Å². The van der Waals surface area contributed by atoms with E-state index >= 15 is 0 Å². The SMILES string of the molecule is C[C@H](O)[C@@H]1NC(=O)[C@H](C)N(Cc2ccc(Cl)cc2Oc2ccc(-c3cnc(CN(C)C)n3C)cc2)C(=O)C[C@@H](Cc2ccccc2)C(=O)N2CCC[C@@](Cc3ccc(Cl)cc3)(C2)NC1=O. The average molecular weight is 923 g/mol. The molecule has 4 amide bonds. The second-order valence-electron chi connectivity index (χ2n) is 17.7. The molecule has 0 spiro atoms. The maximum absolute atomic E-state index is 14.9. The number of carbonyl (C=O) groups is 4. The number of imidazole rings is 1. The molecule has 2 fully saturated rings. The van der Waals surface area contributed by atoms with Gasteiger partial charge >= 0.3 is 0 Å². The van der Waals surface area contributed by atoms with Crippen LogP contribution in [0.5, 0.6) is 11.5 Å². The molecule has 0 unspecified atom stereocenters. The molecule has 342 valence electrons. The molecule has 2 aliphatic heterocycles. The lowest BCUT2D eigenvalue weighted by molar-refractivity contribution is -0.148. The molecule has 0 saturated carbocycles. The number of halogens is 2. The van der Waals surface area contributed by atoms with Crippen molar-refractivity contribution in [3.8, 4) is 22.8 Å². The molecule has 15 heteroatoms. The van der Waals surface area contributed by atoms with Gasteiger partial charge in [0, 0.05) is 47.7 Å². The van der Waals surface area contributed by atoms with Crippen molar-refractivity contribution in [1.29, 1.82) is 0 Å². The van der Waals surface area contributed by atoms with Crippen LogP contribution < -0.4 is 15.4 Å². The van der Waals surface area contributed by atoms with Crippen LogP contribution in [0.3, 0.4) is 0 Å². The molecule has 7 rings (SSSR count). The number of hydrogen-bond donors (Lipinski definition) is 3. The molecule has 3 N–H and O–H groups in total. The van der Waals surface area contributed by atoms with E-state index in [2.05, 4.69) is 25.1 Å². The highest BCUT2D eigenvalue weighted by Crippen LogP contribution is 2.34. The first kappa shape index (κ1) is 47.2. The molecular formula is C50H57Cl2N7O6. The van der Waals surface area contributed by atoms with E-state index in [0.29, 0.717) is 59.5 Å². The Labute approximate surface area is 390 Å². The second-order valence-corrected chi connectivity index (χ2v) is 18.6. The van der Waals surface area contributed by atoms with E-state index in [4.69, 9.17) is 27.9 Å². The number of benzene rings is 4. The van der Waals surface area contributed by atoms with Crippen LogP contribution >= 0.6 is 23.2 Å². The van der Waals surface area contributed by atoms with Crippen LogP contribution in [-0.4, -0.2) is 104 Å². The minimum absolute atomic E-state index is 0.104. The fraction of sp³-hybridized carbons (Fsp3) is 0.380. The summed E-state index contributed by atoms with van der Waals surface area (Å²) >= 11 is 12.8. The van der Waals surface area contributed by atoms with Crippen LogP contribution in [0.4, 0.5) is 0 Å². The third-order valence-electron chi connectivity index (χ3n) is 12.3. The van der Waals surface area contributed by atoms with Gasteiger partial charge in [-0.25, -0.2) is 4.98 Å². The van der Waals surface area contributed by atoms with E-state index in [-0.39, 0.29) is 31.8 Å². The van der Waals surface area contributed by atoms with Crippen LogP contribution in [0.15, 0.2) is 103 Å². The Morgan fingerprint density at radius 3 is 2.32 bits per heavy atom. The number of aliphatic hydroxyl groups excluding tert-OH is 1. The molecule has 3 heterocycles. The van der Waals surface area contributed by atoms with E-state index in [0.717, 1.165) is 28.2 Å². The maximum Gasteiger partial charge on any atom is 0.245 e. The van der Waals surface area contributed by atoms with Crippen molar-refractivity contribution in [2.75, 3.05) is 27.2 Å². The van der Waals surface area contributed by atoms with Gasteiger partial charge in [0.2, 0.25) is 23.6 Å². The molecule has 13 nitrogen and oxygen atoms in total. The van der Waals surface area contributed by atoms with Gasteiger partial charge in [-0.2, -0.15) is 0 Å². The Hall–Kier alpha value is -5.73. The van der Waals surface area contributed by atoms with Gasteiger partial charge in [-0.05, 0) is 113 Å². The van der Waals surface area contributed by atoms with E-state index in [1.807, 2.05) is 94.1 Å². The van der Waals surface area contributed by atoms with Gasteiger partial charge in [-0.1, -0.05) is 71.7 Å². The summed E-state index contributed by atoms with van der Waals surface area (Å²) in [6.07, 6.45) is 2.10. The summed E-state index contributed by atoms with van der Waals surface area (Å²) in [6, 6.07) is 27.0. The number of fused-ring (bicyclic) bond motifs is 2. The number of aliphatic hydroxyl groups is 1. The standard InChI is InChI=1S/C50H57Cl2N7O6/c1-32-47(62)54-46(33(2)60)48(63)55-50(27-35-12-17-39(51)18-13-35)22-9-23-58(31-50)49(64)38(24-34-10-7-6-8-11-34)25-45(61)59(32)29-37-14-19-40(52)26-43(37)65-41-20-15-36(16-21-41)42-28-53-44(57(42)5)30-56(3)4/h6-8,10-21,26,28,32-33,38,46,60H,9,22-25,27,29-31H2,1-5H3,(H,54,62)(H,55,63)/t32-,33-,38+,46-,50+/m0/s1. The lowest BCUT2D eigenvalue weighted by atomic mass is 9.81. The molecule has 1 aromatic heterocycles. The number of piperidine rings is 1. The Bertz CT molecular complexity index is 2480. The molecule has 0 radical (unpaired) electrons. The zero-order chi connectivity index (χ0) is 46.4. The summed E-state index contributed by atoms with van der Waals surface area (Å²) in [5.41, 5.74) is 3.27. The maximum atomic E-state index is 14.9. The number of aromatic nitrogens is 2. The first-order valence-corrected chi connectivity index (χ1v) is 22.7. The van der Waals surface area contributed by atoms with E-state index < -0.39 is 47.4 Å². The van der Waals surface area contributed by atoms with Crippen molar-refractivity contribution in [2.24, 2.45) is 13.0 Å². The molecule has 2 bridgehead atoms. The predicted molar refractivity (Wildman–Crippen MR) is 251 cm³/mol. The third kappa shape index (κ3) is 11.6. The summed E-state index contributed by atoms with van der Waals surface area (Å²) in [6.45, 7) is 4.18. The van der Waals surface area contributed by atoms with Gasteiger partial charge in [-0.3, -0.25) is 19.2 Å². The Kier molecular flexibility index (Phi) is 15.0. The molecule has 5 aromatic rings. The fourth-order valence-electron chi connectivity index (χ4n) is 8.84. The summed E-state index contributed by atoms with van der Waals surface area (Å²) in [5, 5.41) is 17.9. The van der Waals surface area contributed by atoms with Crippen molar-refractivity contribution < 1.29 is 29.0 Å². The van der Waals surface area contributed by atoms with Crippen molar-refractivity contribution in [3.05, 3.63) is 136 Å². The molecular weight excluding hydrogens is 865 g/mol. The molecule has 2 aliphatic rings. The first-order valence-electron chi connectivity index (χ1n) is 22.0. The van der Waals surface area contributed by atoms with Gasteiger partial charge in [0.25, 0.3) is 0 Å². The van der Waals surface area contributed by atoms with Crippen LogP contribution in [0.25, 0.3) is 11.3 Å². The van der Waals surface area contributed by atoms with Crippen molar-refractivity contribution >= 4 is 46.8 Å². The zero-order valence-corrected chi connectivity index (χ0v) is 39.0. The summed E-state index contributed by atoms with van der Waals surface area (Å²) < 4.78 is 8.51. The molecule has 0 aliphatic carbocycles. The van der Waals surface area contributed by atoms with Crippen molar-refractivity contribution in [1.82, 2.24) is 34.9 Å². The molecule has 4 aromatic carbocycles. The number of nitrogens with zero attached hydrogens (tertiary/aromatic N) is 5. The Balaban J connectivity index is 1.22. The van der Waals surface area contributed by atoms with Crippen molar-refractivity contribution in [3.63, 3.8) is 0 Å². The van der Waals surface area contributed by atoms with Gasteiger partial charge < -0.3 is 39.7 Å². The van der Waals surface area contributed by atoms with Gasteiger partial charge in [0.15, 0.2) is 0 Å². The highest BCUT2D eigenvalue weighted by atomic mass is 35.5. The highest BCUT2D eigenvalue weighted by molar-refractivity contribution is 6.31. The first-order chi connectivity index (χ1) is 31.1. The number of rotatable bonds is 12. The topological polar surface area (TPSA) is 149 Å². The molecule has 5 atom stereocenters. The minimum Gasteiger partial charge on any atom is -0.457 e. The Morgan fingerprint density at radius 1 is 0.923 bits per heavy atom. The van der Waals surface area contributed by atoms with Crippen molar-refractivity contribution in [2.45, 2.75) is 82.8 Å². The molecule has 65 heavy (non-hydrogen) atoms. The Morgan fingerprint density at radius 2 is 1.63 bits per heavy atom. The fourth-order valence-corrected chi connectivity index (χ4v) is 9.13. The summed E-state index contributed by atoms with van der Waals surface area (Å²) in [7, 11) is 5.97. The average Bonchev–Trinajstić information content (AvgIpc) is 3.63. The molecule has 2 saturated heterocycles. The lowest BCUT2D eigenvalue weighted by Gasteiger charge is -2.45. The van der Waals surface area contributed by atoms with Gasteiger partial charge in [-0.15, -0.1) is 0 Å². The monoisotopic (exact) mass is 921 g/mol. The van der Waals surface area contributed by atoms with E-state index in [9.17, 15) is 24.3 Å². The largest absolute Gasteiger partial charge is 0.457 e. The summed E-state index contributed by atoms with van der Waals surface area (Å²) in [5.74, 6) is -0.921. The second kappa shape index (κ2) is 20.6. The number of carbonyl (C=O) groups excluding carboxylic acids is 4. The summed E-state index contributed by atoms with van der Waals surface area (Å²) in [4.78, 5) is 68.3. The lowest BCUT2D eigenvalue weighted by Crippen LogP contribution is -2.66. The van der Waals surface area contributed by atoms with Crippen LogP contribution in [0.1, 0.15) is 55.6 Å². The number of nitrogens with one attached hydrogen (secondary N) is 2. The third-order valence-corrected chi connectivity index (χ3v) is 12.8. The van der Waals surface area contributed by atoms with Crippen LogP contribution in [0, 0.1) is 5.92 Å². The smallest absolute Gasteiger partial charge is 0.245 e. The quantitative estimate of drug-likeness (QED) is 0.124. The predicted octanol–water partition coefficient (Wildman–Crippen LogP) is 6.81. The van der Waals surface area contributed by atoms with E-state index in [1.165, 1.54) is 11.8 Å². The normalized spacial score (nSPS) is 21.5. The number of ether oxygens (including phenoxy) is 1. The number of amides is 4. The van der Waals surface area contributed by atoms with Gasteiger partial charge in [0.05, 0.1) is 42.5 Å². The van der Waals surface area contributed by atoms with Crippen LogP contribution in [0.2, 0.25) is 10.0 Å². The highest BCUT2D eigenvalue weighted by Gasteiger charge is 2.43.